The summed E-state index contributed by atoms with van der Waals surface area (Å²) in [7, 11) is 0. The molecule has 1 aromatic carbocycles. The SMILES string of the molecule is C/C=C/C(O)C(C)C(=O)N1C(=[Se])OCC1Cc1ccccc1. The quantitative estimate of drug-likeness (QED) is 0.631. The van der Waals surface area contributed by atoms with Crippen molar-refractivity contribution in [3.05, 3.63) is 48.0 Å². The maximum absolute atomic E-state index is 12.7. The van der Waals surface area contributed by atoms with E-state index in [1.807, 2.05) is 37.3 Å². The first-order chi connectivity index (χ1) is 10.5. The summed E-state index contributed by atoms with van der Waals surface area (Å²) in [4.78, 5) is 14.3. The van der Waals surface area contributed by atoms with Crippen LogP contribution in [0, 0.1) is 5.92 Å². The van der Waals surface area contributed by atoms with Crippen LogP contribution in [0.15, 0.2) is 42.5 Å². The molecule has 2 rings (SSSR count). The molecule has 1 aliphatic heterocycles. The summed E-state index contributed by atoms with van der Waals surface area (Å²) in [5.74, 6) is -0.641. The Bertz CT molecular complexity index is 558. The Labute approximate surface area is 139 Å². The molecule has 4 nitrogen and oxygen atoms in total. The molecule has 1 fully saturated rings. The molecular weight excluding hydrogens is 345 g/mol. The van der Waals surface area contributed by atoms with Crippen molar-refractivity contribution in [3.63, 3.8) is 0 Å². The van der Waals surface area contributed by atoms with Gasteiger partial charge in [-0.15, -0.1) is 0 Å². The van der Waals surface area contributed by atoms with Crippen LogP contribution < -0.4 is 0 Å². The van der Waals surface area contributed by atoms with Gasteiger partial charge in [-0.2, -0.15) is 0 Å². The second kappa shape index (κ2) is 7.72. The van der Waals surface area contributed by atoms with Gasteiger partial charge in [0.25, 0.3) is 0 Å². The molecule has 1 saturated heterocycles. The summed E-state index contributed by atoms with van der Waals surface area (Å²) in [6, 6.07) is 9.97. The molecule has 0 bridgehead atoms. The predicted molar refractivity (Wildman–Crippen MR) is 87.5 cm³/mol. The molecule has 1 aliphatic rings. The molecule has 3 atom stereocenters. The molecule has 0 saturated carbocycles. The van der Waals surface area contributed by atoms with Gasteiger partial charge in [-0.1, -0.05) is 0 Å². The van der Waals surface area contributed by atoms with Crippen LogP contribution >= 0.6 is 0 Å². The molecule has 0 spiro atoms. The molecule has 1 N–H and O–H groups in total. The summed E-state index contributed by atoms with van der Waals surface area (Å²) in [6.45, 7) is 4.02. The average molecular weight is 366 g/mol. The van der Waals surface area contributed by atoms with E-state index in [2.05, 4.69) is 15.6 Å². The molecule has 1 heterocycles. The number of amides is 1. The van der Waals surface area contributed by atoms with Gasteiger partial charge in [0.15, 0.2) is 0 Å². The number of carbonyl (C=O) groups is 1. The number of hydrogen-bond acceptors (Lipinski definition) is 3. The number of nitrogens with zero attached hydrogens (tertiary/aromatic N) is 1. The fourth-order valence-corrected chi connectivity index (χ4v) is 3.14. The number of allylic oxidation sites excluding steroid dienone is 1. The van der Waals surface area contributed by atoms with Crippen LogP contribution in [0.2, 0.25) is 0 Å². The van der Waals surface area contributed by atoms with E-state index in [0.29, 0.717) is 11.3 Å². The molecule has 1 amide bonds. The van der Waals surface area contributed by atoms with Crippen molar-refractivity contribution in [3.8, 4) is 0 Å². The van der Waals surface area contributed by atoms with Gasteiger partial charge in [0.05, 0.1) is 0 Å². The van der Waals surface area contributed by atoms with Crippen LogP contribution in [0.5, 0.6) is 0 Å². The van der Waals surface area contributed by atoms with Crippen molar-refractivity contribution in [2.45, 2.75) is 32.4 Å². The molecule has 5 heteroatoms. The zero-order valence-electron chi connectivity index (χ0n) is 12.8. The van der Waals surface area contributed by atoms with Gasteiger partial charge in [-0.25, -0.2) is 0 Å². The van der Waals surface area contributed by atoms with Crippen LogP contribution in [-0.2, 0) is 16.0 Å². The van der Waals surface area contributed by atoms with Crippen molar-refractivity contribution < 1.29 is 14.6 Å². The van der Waals surface area contributed by atoms with Crippen LogP contribution in [0.3, 0.4) is 0 Å². The van der Waals surface area contributed by atoms with E-state index in [-0.39, 0.29) is 11.9 Å². The minimum atomic E-state index is -0.789. The van der Waals surface area contributed by atoms with Crippen molar-refractivity contribution in [2.24, 2.45) is 5.92 Å². The molecule has 1 aromatic rings. The molecule has 0 aliphatic carbocycles. The van der Waals surface area contributed by atoms with E-state index in [1.54, 1.807) is 24.0 Å². The summed E-state index contributed by atoms with van der Waals surface area (Å²) < 4.78 is 6.02. The zero-order chi connectivity index (χ0) is 16.1. The van der Waals surface area contributed by atoms with Gasteiger partial charge in [0.2, 0.25) is 0 Å². The minimum absolute atomic E-state index is 0.0496. The number of rotatable bonds is 5. The van der Waals surface area contributed by atoms with E-state index in [0.717, 1.165) is 12.0 Å². The first-order valence-electron chi connectivity index (χ1n) is 7.39. The van der Waals surface area contributed by atoms with Gasteiger partial charge in [0, 0.05) is 0 Å². The molecular formula is C17H21NO3Se. The Morgan fingerprint density at radius 2 is 2.18 bits per heavy atom. The third-order valence-corrected chi connectivity index (χ3v) is 4.46. The Morgan fingerprint density at radius 3 is 2.82 bits per heavy atom. The van der Waals surface area contributed by atoms with E-state index in [4.69, 9.17) is 4.74 Å². The standard InChI is InChI=1S/C17H21NO3Se/c1-3-7-15(19)12(2)16(20)18-14(11-21-17(18)22)10-13-8-5-4-6-9-13/h3-9,12,14-15,19H,10-11H2,1-2H3/b7-3+. The van der Waals surface area contributed by atoms with Crippen LogP contribution in [0.1, 0.15) is 19.4 Å². The summed E-state index contributed by atoms with van der Waals surface area (Å²) >= 11 is 2.81. The van der Waals surface area contributed by atoms with E-state index >= 15 is 0 Å². The summed E-state index contributed by atoms with van der Waals surface area (Å²) in [5, 5.41) is 10.0. The fourth-order valence-electron chi connectivity index (χ4n) is 2.50. The molecule has 0 aromatic heterocycles. The number of hydrogen-bond donors (Lipinski definition) is 1. The van der Waals surface area contributed by atoms with Crippen molar-refractivity contribution in [1.29, 1.82) is 0 Å². The van der Waals surface area contributed by atoms with Crippen LogP contribution in [0.25, 0.3) is 0 Å². The molecule has 118 valence electrons. The monoisotopic (exact) mass is 367 g/mol. The van der Waals surface area contributed by atoms with Gasteiger partial charge in [0.1, 0.15) is 0 Å². The van der Waals surface area contributed by atoms with Crippen molar-refractivity contribution >= 4 is 26.2 Å². The van der Waals surface area contributed by atoms with Gasteiger partial charge < -0.3 is 0 Å². The average Bonchev–Trinajstić information content (AvgIpc) is 2.87. The number of aliphatic hydroxyl groups is 1. The predicted octanol–water partition coefficient (Wildman–Crippen LogP) is 1.29. The summed E-state index contributed by atoms with van der Waals surface area (Å²) in [6.07, 6.45) is 3.32. The Kier molecular flexibility index (Phi) is 5.95. The van der Waals surface area contributed by atoms with Crippen molar-refractivity contribution in [1.82, 2.24) is 4.90 Å². The van der Waals surface area contributed by atoms with Crippen LogP contribution in [0.4, 0.5) is 0 Å². The van der Waals surface area contributed by atoms with E-state index < -0.39 is 12.0 Å². The van der Waals surface area contributed by atoms with E-state index in [1.165, 1.54) is 0 Å². The number of ether oxygens (including phenoxy) is 1. The summed E-state index contributed by atoms with van der Waals surface area (Å²) in [5.41, 5.74) is 1.16. The first kappa shape index (κ1) is 16.9. The third-order valence-electron chi connectivity index (χ3n) is 3.80. The molecule has 0 radical (unpaired) electrons. The van der Waals surface area contributed by atoms with Crippen molar-refractivity contribution in [2.75, 3.05) is 6.61 Å². The Balaban J connectivity index is 2.12. The van der Waals surface area contributed by atoms with E-state index in [9.17, 15) is 9.90 Å². The van der Waals surface area contributed by atoms with Gasteiger partial charge in [-0.3, -0.25) is 0 Å². The second-order valence-electron chi connectivity index (χ2n) is 5.43. The Hall–Kier alpha value is -1.42. The molecule has 22 heavy (non-hydrogen) atoms. The van der Waals surface area contributed by atoms with Gasteiger partial charge in [-0.05, 0) is 0 Å². The topological polar surface area (TPSA) is 49.8 Å². The second-order valence-corrected chi connectivity index (χ2v) is 6.17. The fraction of sp³-hybridized carbons (Fsp3) is 0.412. The maximum atomic E-state index is 12.7. The normalized spacial score (nSPS) is 21.0. The third kappa shape index (κ3) is 3.86. The van der Waals surface area contributed by atoms with Crippen LogP contribution in [-0.4, -0.2) is 55.0 Å². The molecule has 3 unspecified atom stereocenters. The number of aliphatic hydroxyl groups excluding tert-OH is 1. The zero-order valence-corrected chi connectivity index (χ0v) is 14.5. The number of carbonyl (C=O) groups excluding carboxylic acids is 1. The van der Waals surface area contributed by atoms with Gasteiger partial charge >= 0.3 is 139 Å². The number of benzene rings is 1. The first-order valence-corrected chi connectivity index (χ1v) is 8.25. The Morgan fingerprint density at radius 1 is 1.50 bits per heavy atom.